The summed E-state index contributed by atoms with van der Waals surface area (Å²) >= 11 is 0. The van der Waals surface area contributed by atoms with Gasteiger partial charge in [-0.25, -0.2) is 0 Å². The van der Waals surface area contributed by atoms with E-state index in [1.54, 1.807) is 0 Å². The summed E-state index contributed by atoms with van der Waals surface area (Å²) in [6.45, 7) is 5.15. The summed E-state index contributed by atoms with van der Waals surface area (Å²) in [7, 11) is 0. The Hall–Kier alpha value is -1.59. The molecule has 1 saturated heterocycles. The molecule has 1 saturated carbocycles. The van der Waals surface area contributed by atoms with E-state index < -0.39 is 0 Å². The van der Waals surface area contributed by atoms with Gasteiger partial charge in [-0.2, -0.15) is 0 Å². The molecule has 0 atom stereocenters. The first-order chi connectivity index (χ1) is 13.2. The summed E-state index contributed by atoms with van der Waals surface area (Å²) in [4.78, 5) is 16.9. The number of aliphatic hydroxyl groups excluding tert-OH is 1. The number of hydrogen-bond acceptors (Lipinski definition) is 4. The molecule has 1 aromatic carbocycles. The highest BCUT2D eigenvalue weighted by Gasteiger charge is 2.39. The monoisotopic (exact) mass is 372 g/mol. The molecule has 27 heavy (non-hydrogen) atoms. The molecule has 1 heterocycles. The normalized spacial score (nSPS) is 21.6. The average molecular weight is 373 g/mol. The van der Waals surface area contributed by atoms with Crippen molar-refractivity contribution in [3.05, 3.63) is 29.3 Å². The molecule has 1 aliphatic heterocycles. The molecule has 4 rings (SSSR count). The summed E-state index contributed by atoms with van der Waals surface area (Å²) < 4.78 is 5.96. The van der Waals surface area contributed by atoms with Gasteiger partial charge in [0, 0.05) is 51.2 Å². The number of fused-ring (bicyclic) bond motifs is 1. The highest BCUT2D eigenvalue weighted by Crippen LogP contribution is 2.43. The van der Waals surface area contributed by atoms with Crippen LogP contribution in [0, 0.1) is 5.41 Å². The molecule has 1 amide bonds. The fraction of sp³-hybridized carbons (Fsp3) is 0.682. The molecule has 0 radical (unpaired) electrons. The number of piperazine rings is 1. The SMILES string of the molecule is O=C(CC1(CO)CCC1)N1CCN(CCOc2ccc3c(c2)CCC3)CC1. The number of carbonyl (C=O) groups is 1. The summed E-state index contributed by atoms with van der Waals surface area (Å²) in [5, 5.41) is 9.58. The second kappa shape index (κ2) is 8.19. The van der Waals surface area contributed by atoms with Crippen molar-refractivity contribution in [1.82, 2.24) is 9.80 Å². The zero-order valence-electron chi connectivity index (χ0n) is 16.3. The number of ether oxygens (including phenoxy) is 1. The molecular weight excluding hydrogens is 340 g/mol. The van der Waals surface area contributed by atoms with Crippen molar-refractivity contribution in [3.63, 3.8) is 0 Å². The van der Waals surface area contributed by atoms with E-state index in [1.807, 2.05) is 4.90 Å². The van der Waals surface area contributed by atoms with E-state index in [1.165, 1.54) is 30.4 Å². The highest BCUT2D eigenvalue weighted by atomic mass is 16.5. The van der Waals surface area contributed by atoms with Crippen molar-refractivity contribution in [2.75, 3.05) is 45.9 Å². The minimum atomic E-state index is -0.113. The number of hydrogen-bond donors (Lipinski definition) is 1. The Balaban J connectivity index is 1.17. The Morgan fingerprint density at radius 1 is 1.07 bits per heavy atom. The Labute approximate surface area is 162 Å². The number of carbonyl (C=O) groups excluding carboxylic acids is 1. The van der Waals surface area contributed by atoms with Gasteiger partial charge in [0.25, 0.3) is 0 Å². The summed E-state index contributed by atoms with van der Waals surface area (Å²) in [6, 6.07) is 6.51. The third-order valence-corrected chi connectivity index (χ3v) is 6.75. The van der Waals surface area contributed by atoms with Crippen molar-refractivity contribution in [2.24, 2.45) is 5.41 Å². The van der Waals surface area contributed by atoms with Gasteiger partial charge in [-0.1, -0.05) is 12.5 Å². The van der Waals surface area contributed by atoms with Crippen LogP contribution in [0.15, 0.2) is 18.2 Å². The van der Waals surface area contributed by atoms with Crippen LogP contribution in [0.4, 0.5) is 0 Å². The first-order valence-electron chi connectivity index (χ1n) is 10.5. The minimum Gasteiger partial charge on any atom is -0.492 e. The molecule has 0 unspecified atom stereocenters. The van der Waals surface area contributed by atoms with E-state index in [2.05, 4.69) is 23.1 Å². The molecular formula is C22H32N2O3. The zero-order chi connectivity index (χ0) is 18.7. The predicted octanol–water partition coefficient (Wildman–Crippen LogP) is 2.25. The lowest BCUT2D eigenvalue weighted by Gasteiger charge is -2.42. The predicted molar refractivity (Wildman–Crippen MR) is 105 cm³/mol. The number of aryl methyl sites for hydroxylation is 2. The van der Waals surface area contributed by atoms with E-state index in [-0.39, 0.29) is 17.9 Å². The lowest BCUT2D eigenvalue weighted by molar-refractivity contribution is -0.138. The second-order valence-corrected chi connectivity index (χ2v) is 8.54. The van der Waals surface area contributed by atoms with Crippen LogP contribution in [-0.4, -0.2) is 66.8 Å². The van der Waals surface area contributed by atoms with Crippen LogP contribution in [0.2, 0.25) is 0 Å². The van der Waals surface area contributed by atoms with Crippen molar-refractivity contribution in [3.8, 4) is 5.75 Å². The largest absolute Gasteiger partial charge is 0.492 e. The molecule has 0 bridgehead atoms. The van der Waals surface area contributed by atoms with Crippen molar-refractivity contribution >= 4 is 5.91 Å². The standard InChI is InChI=1S/C22H32N2O3/c25-17-22(7-2-8-22)16-21(26)24-11-9-23(10-12-24)13-14-27-20-6-5-18-3-1-4-19(18)15-20/h5-6,15,25H,1-4,7-14,16-17H2. The molecule has 0 spiro atoms. The third-order valence-electron chi connectivity index (χ3n) is 6.75. The van der Waals surface area contributed by atoms with Crippen LogP contribution in [0.5, 0.6) is 5.75 Å². The Bertz CT molecular complexity index is 658. The zero-order valence-corrected chi connectivity index (χ0v) is 16.3. The van der Waals surface area contributed by atoms with Crippen LogP contribution in [0.25, 0.3) is 0 Å². The molecule has 1 N–H and O–H groups in total. The molecule has 5 heteroatoms. The van der Waals surface area contributed by atoms with Crippen LogP contribution >= 0.6 is 0 Å². The van der Waals surface area contributed by atoms with Gasteiger partial charge in [0.05, 0.1) is 0 Å². The molecule has 1 aromatic rings. The van der Waals surface area contributed by atoms with Gasteiger partial charge >= 0.3 is 0 Å². The van der Waals surface area contributed by atoms with Gasteiger partial charge in [-0.3, -0.25) is 9.69 Å². The smallest absolute Gasteiger partial charge is 0.223 e. The Morgan fingerprint density at radius 3 is 2.56 bits per heavy atom. The molecule has 3 aliphatic rings. The maximum absolute atomic E-state index is 12.5. The molecule has 5 nitrogen and oxygen atoms in total. The van der Waals surface area contributed by atoms with Gasteiger partial charge in [0.1, 0.15) is 12.4 Å². The quantitative estimate of drug-likeness (QED) is 0.798. The Kier molecular flexibility index (Phi) is 5.69. The third kappa shape index (κ3) is 4.30. The molecule has 2 aliphatic carbocycles. The van der Waals surface area contributed by atoms with Crippen LogP contribution in [-0.2, 0) is 17.6 Å². The summed E-state index contributed by atoms with van der Waals surface area (Å²) in [6.07, 6.45) is 7.31. The lowest BCUT2D eigenvalue weighted by Crippen LogP contribution is -2.51. The number of benzene rings is 1. The summed E-state index contributed by atoms with van der Waals surface area (Å²) in [5.74, 6) is 1.21. The van der Waals surface area contributed by atoms with Gasteiger partial charge in [-0.05, 0) is 55.4 Å². The van der Waals surface area contributed by atoms with Crippen molar-refractivity contribution in [1.29, 1.82) is 0 Å². The van der Waals surface area contributed by atoms with Gasteiger partial charge in [0.2, 0.25) is 5.91 Å². The number of amides is 1. The van der Waals surface area contributed by atoms with E-state index in [0.29, 0.717) is 13.0 Å². The average Bonchev–Trinajstić information content (AvgIpc) is 3.13. The molecule has 2 fully saturated rings. The van der Waals surface area contributed by atoms with E-state index in [9.17, 15) is 9.90 Å². The molecule has 0 aromatic heterocycles. The number of aliphatic hydroxyl groups is 1. The van der Waals surface area contributed by atoms with Crippen LogP contribution in [0.3, 0.4) is 0 Å². The Morgan fingerprint density at radius 2 is 1.85 bits per heavy atom. The number of rotatable bonds is 7. The number of nitrogens with zero attached hydrogens (tertiary/aromatic N) is 2. The first-order valence-corrected chi connectivity index (χ1v) is 10.5. The lowest BCUT2D eigenvalue weighted by atomic mass is 9.67. The minimum absolute atomic E-state index is 0.113. The molecule has 148 valence electrons. The highest BCUT2D eigenvalue weighted by molar-refractivity contribution is 5.77. The fourth-order valence-electron chi connectivity index (χ4n) is 4.65. The van der Waals surface area contributed by atoms with E-state index >= 15 is 0 Å². The van der Waals surface area contributed by atoms with E-state index in [0.717, 1.165) is 57.7 Å². The van der Waals surface area contributed by atoms with Crippen molar-refractivity contribution in [2.45, 2.75) is 44.9 Å². The maximum atomic E-state index is 12.5. The van der Waals surface area contributed by atoms with Gasteiger partial charge < -0.3 is 14.7 Å². The summed E-state index contributed by atoms with van der Waals surface area (Å²) in [5.41, 5.74) is 2.82. The van der Waals surface area contributed by atoms with Gasteiger partial charge in [-0.15, -0.1) is 0 Å². The van der Waals surface area contributed by atoms with E-state index in [4.69, 9.17) is 4.74 Å². The first kappa shape index (κ1) is 18.8. The van der Waals surface area contributed by atoms with Gasteiger partial charge in [0.15, 0.2) is 0 Å². The van der Waals surface area contributed by atoms with Crippen LogP contribution < -0.4 is 4.74 Å². The maximum Gasteiger partial charge on any atom is 0.223 e. The second-order valence-electron chi connectivity index (χ2n) is 8.54. The van der Waals surface area contributed by atoms with Crippen molar-refractivity contribution < 1.29 is 14.6 Å². The topological polar surface area (TPSA) is 53.0 Å². The fourth-order valence-corrected chi connectivity index (χ4v) is 4.65. The van der Waals surface area contributed by atoms with Crippen LogP contribution in [0.1, 0.15) is 43.2 Å².